The topological polar surface area (TPSA) is 75.2 Å². The van der Waals surface area contributed by atoms with E-state index in [1.54, 1.807) is 19.1 Å². The fourth-order valence-corrected chi connectivity index (χ4v) is 2.64. The number of hydrogen-bond acceptors (Lipinski definition) is 4. The van der Waals surface area contributed by atoms with Gasteiger partial charge in [-0.1, -0.05) is 24.3 Å². The molecule has 0 aliphatic carbocycles. The van der Waals surface area contributed by atoms with E-state index in [4.69, 9.17) is 9.47 Å². The van der Waals surface area contributed by atoms with Crippen molar-refractivity contribution >= 4 is 12.1 Å². The van der Waals surface area contributed by atoms with Gasteiger partial charge in [0.2, 0.25) is 0 Å². The maximum Gasteiger partial charge on any atom is 0.410 e. The molecule has 1 saturated heterocycles. The third-order valence-corrected chi connectivity index (χ3v) is 3.96. The van der Waals surface area contributed by atoms with Crippen LogP contribution < -0.4 is 10.6 Å². The quantitative estimate of drug-likeness (QED) is 0.620. The number of aliphatic imine (C=N–C) groups is 1. The van der Waals surface area contributed by atoms with Crippen molar-refractivity contribution < 1.29 is 14.3 Å². The van der Waals surface area contributed by atoms with Gasteiger partial charge in [-0.3, -0.25) is 4.99 Å². The second-order valence-corrected chi connectivity index (χ2v) is 7.35. The van der Waals surface area contributed by atoms with Crippen molar-refractivity contribution in [3.63, 3.8) is 0 Å². The van der Waals surface area contributed by atoms with Crippen LogP contribution in [0, 0.1) is 0 Å². The molecule has 7 heteroatoms. The number of hydrogen-bond donors (Lipinski definition) is 2. The molecule has 0 saturated carbocycles. The lowest BCUT2D eigenvalue weighted by Crippen LogP contribution is -2.63. The lowest BCUT2D eigenvalue weighted by Gasteiger charge is -2.40. The van der Waals surface area contributed by atoms with Gasteiger partial charge in [0.25, 0.3) is 0 Å². The summed E-state index contributed by atoms with van der Waals surface area (Å²) < 4.78 is 10.6. The van der Waals surface area contributed by atoms with Crippen molar-refractivity contribution in [3.05, 3.63) is 35.4 Å². The number of carbonyl (C=O) groups is 1. The normalized spacial score (nSPS) is 15.4. The van der Waals surface area contributed by atoms with Crippen LogP contribution in [0.25, 0.3) is 0 Å². The predicted molar refractivity (Wildman–Crippen MR) is 102 cm³/mol. The zero-order valence-corrected chi connectivity index (χ0v) is 16.3. The summed E-state index contributed by atoms with van der Waals surface area (Å²) in [5, 5.41) is 6.65. The van der Waals surface area contributed by atoms with Crippen LogP contribution in [0.4, 0.5) is 4.79 Å². The fourth-order valence-electron chi connectivity index (χ4n) is 2.64. The first-order valence-corrected chi connectivity index (χ1v) is 8.83. The molecule has 26 heavy (non-hydrogen) atoms. The van der Waals surface area contributed by atoms with E-state index in [9.17, 15) is 4.79 Å². The molecule has 1 amide bonds. The van der Waals surface area contributed by atoms with E-state index in [2.05, 4.69) is 27.8 Å². The molecular weight excluding hydrogens is 332 g/mol. The maximum absolute atomic E-state index is 12.0. The Hall–Kier alpha value is -2.28. The van der Waals surface area contributed by atoms with Gasteiger partial charge in [-0.25, -0.2) is 4.79 Å². The molecule has 1 aliphatic rings. The van der Waals surface area contributed by atoms with Crippen LogP contribution in [0.2, 0.25) is 0 Å². The van der Waals surface area contributed by atoms with Gasteiger partial charge in [-0.15, -0.1) is 0 Å². The monoisotopic (exact) mass is 362 g/mol. The Bertz CT molecular complexity index is 634. The van der Waals surface area contributed by atoms with Gasteiger partial charge in [-0.2, -0.15) is 0 Å². The Morgan fingerprint density at radius 3 is 2.50 bits per heavy atom. The minimum Gasteiger partial charge on any atom is -0.444 e. The minimum atomic E-state index is -0.469. The van der Waals surface area contributed by atoms with E-state index in [0.29, 0.717) is 32.2 Å². The van der Waals surface area contributed by atoms with Crippen LogP contribution in [0.1, 0.15) is 31.9 Å². The van der Waals surface area contributed by atoms with Crippen LogP contribution in [-0.4, -0.2) is 55.8 Å². The standard InChI is InChI=1S/C19H30N4O3/c1-19(2,3)26-18(24)23-11-16(12-23)22-17(20-4)21-10-14-8-6-7-9-15(14)13-25-5/h6-9,16H,10-13H2,1-5H3,(H2,20,21,22). The second-order valence-electron chi connectivity index (χ2n) is 7.35. The largest absolute Gasteiger partial charge is 0.444 e. The number of methoxy groups -OCH3 is 1. The summed E-state index contributed by atoms with van der Waals surface area (Å²) in [6.07, 6.45) is -0.271. The number of nitrogens with one attached hydrogen (secondary N) is 2. The lowest BCUT2D eigenvalue weighted by atomic mass is 10.1. The number of guanidine groups is 1. The van der Waals surface area contributed by atoms with Crippen LogP contribution >= 0.6 is 0 Å². The molecule has 0 aromatic heterocycles. The summed E-state index contributed by atoms with van der Waals surface area (Å²) in [4.78, 5) is 17.9. The molecule has 144 valence electrons. The molecule has 1 aromatic carbocycles. The maximum atomic E-state index is 12.0. The number of ether oxygens (including phenoxy) is 2. The van der Waals surface area contributed by atoms with Gasteiger partial charge >= 0.3 is 6.09 Å². The van der Waals surface area contributed by atoms with Gasteiger partial charge in [0, 0.05) is 33.8 Å². The number of carbonyl (C=O) groups excluding carboxylic acids is 1. The highest BCUT2D eigenvalue weighted by Gasteiger charge is 2.34. The Morgan fingerprint density at radius 2 is 1.92 bits per heavy atom. The molecule has 7 nitrogen and oxygen atoms in total. The number of likely N-dealkylation sites (tertiary alicyclic amines) is 1. The van der Waals surface area contributed by atoms with Gasteiger partial charge in [-0.05, 0) is 31.9 Å². The number of amides is 1. The summed E-state index contributed by atoms with van der Waals surface area (Å²) in [5.74, 6) is 0.714. The van der Waals surface area contributed by atoms with Crippen molar-refractivity contribution in [2.24, 2.45) is 4.99 Å². The van der Waals surface area contributed by atoms with Crippen molar-refractivity contribution in [2.75, 3.05) is 27.2 Å². The molecule has 1 heterocycles. The van der Waals surface area contributed by atoms with E-state index < -0.39 is 5.60 Å². The average Bonchev–Trinajstić information content (AvgIpc) is 2.53. The van der Waals surface area contributed by atoms with Crippen molar-refractivity contribution in [1.82, 2.24) is 15.5 Å². The third kappa shape index (κ3) is 5.91. The van der Waals surface area contributed by atoms with Crippen LogP contribution in [-0.2, 0) is 22.6 Å². The lowest BCUT2D eigenvalue weighted by molar-refractivity contribution is 0.00701. The Kier molecular flexibility index (Phi) is 6.85. The summed E-state index contributed by atoms with van der Waals surface area (Å²) in [7, 11) is 3.43. The van der Waals surface area contributed by atoms with Gasteiger partial charge in [0.05, 0.1) is 12.6 Å². The van der Waals surface area contributed by atoms with Gasteiger partial charge in [0.15, 0.2) is 5.96 Å². The molecule has 0 atom stereocenters. The summed E-state index contributed by atoms with van der Waals surface area (Å²) in [5.41, 5.74) is 1.85. The number of rotatable bonds is 5. The first-order chi connectivity index (χ1) is 12.3. The predicted octanol–water partition coefficient (Wildman–Crippen LogP) is 2.12. The first kappa shape index (κ1) is 20.0. The van der Waals surface area contributed by atoms with E-state index in [1.165, 1.54) is 5.56 Å². The molecule has 1 fully saturated rings. The van der Waals surface area contributed by atoms with Crippen molar-refractivity contribution in [1.29, 1.82) is 0 Å². The smallest absolute Gasteiger partial charge is 0.410 e. The fraction of sp³-hybridized carbons (Fsp3) is 0.579. The molecule has 0 radical (unpaired) electrons. The van der Waals surface area contributed by atoms with E-state index >= 15 is 0 Å². The number of benzene rings is 1. The first-order valence-electron chi connectivity index (χ1n) is 8.83. The van der Waals surface area contributed by atoms with Crippen LogP contribution in [0.3, 0.4) is 0 Å². The molecule has 0 spiro atoms. The SMILES string of the molecule is CN=C(NCc1ccccc1COC)NC1CN(C(=O)OC(C)(C)C)C1. The molecule has 2 N–H and O–H groups in total. The third-order valence-electron chi connectivity index (χ3n) is 3.96. The molecular formula is C19H30N4O3. The number of nitrogens with zero attached hydrogens (tertiary/aromatic N) is 2. The van der Waals surface area contributed by atoms with Crippen molar-refractivity contribution in [2.45, 2.75) is 45.6 Å². The minimum absolute atomic E-state index is 0.169. The summed E-state index contributed by atoms with van der Waals surface area (Å²) in [6, 6.07) is 8.31. The van der Waals surface area contributed by atoms with E-state index in [0.717, 1.165) is 5.56 Å². The zero-order valence-electron chi connectivity index (χ0n) is 16.3. The van der Waals surface area contributed by atoms with Crippen LogP contribution in [0.15, 0.2) is 29.3 Å². The van der Waals surface area contributed by atoms with Gasteiger partial charge < -0.3 is 25.0 Å². The summed E-state index contributed by atoms with van der Waals surface area (Å²) >= 11 is 0. The second kappa shape index (κ2) is 8.89. The Balaban J connectivity index is 1.79. The Labute approximate surface area is 155 Å². The highest BCUT2D eigenvalue weighted by molar-refractivity contribution is 5.80. The molecule has 0 unspecified atom stereocenters. The molecule has 0 bridgehead atoms. The van der Waals surface area contributed by atoms with Crippen LogP contribution in [0.5, 0.6) is 0 Å². The highest BCUT2D eigenvalue weighted by Crippen LogP contribution is 2.15. The van der Waals surface area contributed by atoms with Gasteiger partial charge in [0.1, 0.15) is 5.60 Å². The van der Waals surface area contributed by atoms with E-state index in [-0.39, 0.29) is 12.1 Å². The molecule has 2 rings (SSSR count). The Morgan fingerprint density at radius 1 is 1.27 bits per heavy atom. The molecule has 1 aromatic rings. The summed E-state index contributed by atoms with van der Waals surface area (Å²) in [6.45, 7) is 8.06. The van der Waals surface area contributed by atoms with Crippen molar-refractivity contribution in [3.8, 4) is 0 Å². The van der Waals surface area contributed by atoms with E-state index in [1.807, 2.05) is 32.9 Å². The highest BCUT2D eigenvalue weighted by atomic mass is 16.6. The average molecular weight is 362 g/mol. The molecule has 1 aliphatic heterocycles. The zero-order chi connectivity index (χ0) is 19.2.